The normalized spacial score (nSPS) is 12.4. The lowest BCUT2D eigenvalue weighted by atomic mass is 10.0. The predicted octanol–water partition coefficient (Wildman–Crippen LogP) is 5.17. The molecule has 88 valence electrons. The van der Waals surface area contributed by atoms with E-state index < -0.39 is 0 Å². The molecule has 0 bridgehead atoms. The molecule has 0 saturated carbocycles. The molecule has 0 N–H and O–H groups in total. The maximum absolute atomic E-state index is 6.46. The highest BCUT2D eigenvalue weighted by Gasteiger charge is 2.11. The fourth-order valence-corrected chi connectivity index (χ4v) is 2.47. The summed E-state index contributed by atoms with van der Waals surface area (Å²) >= 11 is 12.5. The number of benzene rings is 2. The second kappa shape index (κ2) is 5.57. The van der Waals surface area contributed by atoms with E-state index in [9.17, 15) is 0 Å². The van der Waals surface area contributed by atoms with Crippen molar-refractivity contribution in [1.82, 2.24) is 0 Å². The predicted molar refractivity (Wildman–Crippen MR) is 74.9 cm³/mol. The Morgan fingerprint density at radius 2 is 1.76 bits per heavy atom. The monoisotopic (exact) mass is 264 g/mol. The fraction of sp³-hybridized carbons (Fsp3) is 0.200. The minimum atomic E-state index is -0.0314. The van der Waals surface area contributed by atoms with E-state index in [-0.39, 0.29) is 5.38 Å². The summed E-state index contributed by atoms with van der Waals surface area (Å²) in [5, 5.41) is 0.709. The average Bonchev–Trinajstić information content (AvgIpc) is 2.33. The second-order valence-corrected chi connectivity index (χ2v) is 5.12. The molecule has 0 fully saturated rings. The molecule has 0 nitrogen and oxygen atoms in total. The Morgan fingerprint density at radius 1 is 1.06 bits per heavy atom. The number of halogens is 2. The van der Waals surface area contributed by atoms with Crippen molar-refractivity contribution in [3.8, 4) is 0 Å². The van der Waals surface area contributed by atoms with Crippen LogP contribution in [0.25, 0.3) is 0 Å². The lowest BCUT2D eigenvalue weighted by Gasteiger charge is -2.13. The van der Waals surface area contributed by atoms with Crippen LogP contribution in [0.1, 0.15) is 22.1 Å². The SMILES string of the molecule is Cc1ccc(Cl)cc1C(Cl)Cc1ccccc1. The molecule has 1 unspecified atom stereocenters. The van der Waals surface area contributed by atoms with E-state index in [2.05, 4.69) is 19.1 Å². The van der Waals surface area contributed by atoms with Gasteiger partial charge in [-0.15, -0.1) is 11.6 Å². The zero-order valence-electron chi connectivity index (χ0n) is 9.66. The van der Waals surface area contributed by atoms with Gasteiger partial charge in [-0.2, -0.15) is 0 Å². The third-order valence-electron chi connectivity index (χ3n) is 2.84. The molecule has 2 aromatic rings. The summed E-state index contributed by atoms with van der Waals surface area (Å²) in [6, 6.07) is 16.1. The highest BCUT2D eigenvalue weighted by atomic mass is 35.5. The first-order valence-corrected chi connectivity index (χ1v) is 6.42. The van der Waals surface area contributed by atoms with Crippen LogP contribution in [-0.2, 0) is 6.42 Å². The minimum Gasteiger partial charge on any atom is -0.117 e. The third-order valence-corrected chi connectivity index (χ3v) is 3.46. The molecule has 0 aromatic heterocycles. The first-order valence-electron chi connectivity index (χ1n) is 5.61. The lowest BCUT2D eigenvalue weighted by molar-refractivity contribution is 0.910. The molecule has 17 heavy (non-hydrogen) atoms. The molecule has 0 aliphatic rings. The summed E-state index contributed by atoms with van der Waals surface area (Å²) in [7, 11) is 0. The van der Waals surface area contributed by atoms with Crippen LogP contribution in [0.4, 0.5) is 0 Å². The maximum atomic E-state index is 6.46. The zero-order chi connectivity index (χ0) is 12.3. The summed E-state index contributed by atoms with van der Waals surface area (Å²) in [6.45, 7) is 2.06. The van der Waals surface area contributed by atoms with Gasteiger partial charge in [0.2, 0.25) is 0 Å². The molecule has 0 saturated heterocycles. The van der Waals surface area contributed by atoms with Crippen molar-refractivity contribution in [3.05, 3.63) is 70.2 Å². The van der Waals surface area contributed by atoms with E-state index >= 15 is 0 Å². The molecule has 0 aliphatic heterocycles. The largest absolute Gasteiger partial charge is 0.117 e. The number of hydrogen-bond acceptors (Lipinski definition) is 0. The van der Waals surface area contributed by atoms with Crippen LogP contribution in [-0.4, -0.2) is 0 Å². The molecule has 0 aliphatic carbocycles. The van der Waals surface area contributed by atoms with Crippen molar-refractivity contribution in [2.24, 2.45) is 0 Å². The summed E-state index contributed by atoms with van der Waals surface area (Å²) in [6.07, 6.45) is 0.823. The zero-order valence-corrected chi connectivity index (χ0v) is 11.2. The molecule has 2 heteroatoms. The quantitative estimate of drug-likeness (QED) is 0.671. The van der Waals surface area contributed by atoms with E-state index in [1.165, 1.54) is 11.1 Å². The first-order chi connectivity index (χ1) is 8.16. The smallest absolute Gasteiger partial charge is 0.0628 e. The molecule has 0 radical (unpaired) electrons. The van der Waals surface area contributed by atoms with Crippen molar-refractivity contribution < 1.29 is 0 Å². The van der Waals surface area contributed by atoms with Crippen LogP contribution in [0, 0.1) is 6.92 Å². The summed E-state index contributed by atoms with van der Waals surface area (Å²) < 4.78 is 0. The minimum absolute atomic E-state index is 0.0314. The Labute approximate surface area is 112 Å². The van der Waals surface area contributed by atoms with E-state index in [0.29, 0.717) is 0 Å². The van der Waals surface area contributed by atoms with Gasteiger partial charge in [0.05, 0.1) is 5.38 Å². The average molecular weight is 265 g/mol. The third kappa shape index (κ3) is 3.24. The number of rotatable bonds is 3. The van der Waals surface area contributed by atoms with Crippen LogP contribution in [0.15, 0.2) is 48.5 Å². The highest BCUT2D eigenvalue weighted by molar-refractivity contribution is 6.30. The Hall–Kier alpha value is -0.980. The van der Waals surface area contributed by atoms with Crippen molar-refractivity contribution >= 4 is 23.2 Å². The van der Waals surface area contributed by atoms with Crippen LogP contribution in [0.5, 0.6) is 0 Å². The van der Waals surface area contributed by atoms with Crippen LogP contribution in [0.2, 0.25) is 5.02 Å². The summed E-state index contributed by atoms with van der Waals surface area (Å²) in [4.78, 5) is 0. The molecule has 0 heterocycles. The maximum Gasteiger partial charge on any atom is 0.0628 e. The van der Waals surface area contributed by atoms with Crippen molar-refractivity contribution in [2.45, 2.75) is 18.7 Å². The number of hydrogen-bond donors (Lipinski definition) is 0. The van der Waals surface area contributed by atoms with Crippen LogP contribution >= 0.6 is 23.2 Å². The molecular formula is C15H14Cl2. The van der Waals surface area contributed by atoms with Gasteiger partial charge in [-0.25, -0.2) is 0 Å². The van der Waals surface area contributed by atoms with Gasteiger partial charge >= 0.3 is 0 Å². The van der Waals surface area contributed by atoms with Gasteiger partial charge in [-0.05, 0) is 42.2 Å². The molecule has 0 spiro atoms. The van der Waals surface area contributed by atoms with Gasteiger partial charge in [0, 0.05) is 5.02 Å². The molecule has 2 aromatic carbocycles. The first kappa shape index (κ1) is 12.5. The van der Waals surface area contributed by atoms with Gasteiger partial charge in [-0.1, -0.05) is 48.0 Å². The van der Waals surface area contributed by atoms with Gasteiger partial charge in [-0.3, -0.25) is 0 Å². The van der Waals surface area contributed by atoms with Crippen molar-refractivity contribution in [3.63, 3.8) is 0 Å². The van der Waals surface area contributed by atoms with Gasteiger partial charge in [0.15, 0.2) is 0 Å². The van der Waals surface area contributed by atoms with Crippen LogP contribution in [0.3, 0.4) is 0 Å². The second-order valence-electron chi connectivity index (χ2n) is 4.16. The van der Waals surface area contributed by atoms with Crippen LogP contribution < -0.4 is 0 Å². The molecule has 2 rings (SSSR count). The topological polar surface area (TPSA) is 0 Å². The van der Waals surface area contributed by atoms with Gasteiger partial charge in [0.1, 0.15) is 0 Å². The number of alkyl halides is 1. The lowest BCUT2D eigenvalue weighted by Crippen LogP contribution is -1.98. The molecular weight excluding hydrogens is 251 g/mol. The van der Waals surface area contributed by atoms with Crippen molar-refractivity contribution in [2.75, 3.05) is 0 Å². The molecule has 1 atom stereocenters. The summed E-state index contributed by atoms with van der Waals surface area (Å²) in [5.41, 5.74) is 3.54. The Bertz CT molecular complexity index is 492. The van der Waals surface area contributed by atoms with E-state index in [0.717, 1.165) is 17.0 Å². The fourth-order valence-electron chi connectivity index (χ4n) is 1.88. The standard InChI is InChI=1S/C15H14Cl2/c1-11-7-8-13(16)10-14(11)15(17)9-12-5-3-2-4-6-12/h2-8,10,15H,9H2,1H3. The molecule has 0 amide bonds. The van der Waals surface area contributed by atoms with E-state index in [4.69, 9.17) is 23.2 Å². The van der Waals surface area contributed by atoms with Crippen molar-refractivity contribution in [1.29, 1.82) is 0 Å². The highest BCUT2D eigenvalue weighted by Crippen LogP contribution is 2.29. The Kier molecular flexibility index (Phi) is 4.09. The van der Waals surface area contributed by atoms with E-state index in [1.54, 1.807) is 0 Å². The van der Waals surface area contributed by atoms with Gasteiger partial charge < -0.3 is 0 Å². The Morgan fingerprint density at radius 3 is 2.47 bits per heavy atom. The Balaban J connectivity index is 2.20. The summed E-state index contributed by atoms with van der Waals surface area (Å²) in [5.74, 6) is 0. The van der Waals surface area contributed by atoms with E-state index in [1.807, 2.05) is 36.4 Å². The number of aryl methyl sites for hydroxylation is 1. The van der Waals surface area contributed by atoms with Gasteiger partial charge in [0.25, 0.3) is 0 Å².